The van der Waals surface area contributed by atoms with Gasteiger partial charge in [0, 0.05) is 13.1 Å². The molecule has 112 valence electrons. The molecule has 1 amide bonds. The number of thiophene rings is 1. The normalized spacial score (nSPS) is 10.8. The quantitative estimate of drug-likeness (QED) is 0.848. The number of hydrogen-bond acceptors (Lipinski definition) is 3. The number of nitrogens with one attached hydrogen (secondary N) is 1. The van der Waals surface area contributed by atoms with E-state index in [9.17, 15) is 4.79 Å². The van der Waals surface area contributed by atoms with Gasteiger partial charge in [-0.3, -0.25) is 9.69 Å². The van der Waals surface area contributed by atoms with E-state index in [1.165, 1.54) is 16.9 Å². The number of rotatable bonds is 7. The number of amides is 1. The van der Waals surface area contributed by atoms with Crippen LogP contribution in [-0.2, 0) is 13.1 Å². The number of carbonyl (C=O) groups is 1. The van der Waals surface area contributed by atoms with Gasteiger partial charge in [-0.2, -0.15) is 0 Å². The standard InChI is InChI=1S/C17H22N2OS/c1-3-19(4-2)13-15-9-7-14(8-10-15)12-18-17(20)16-6-5-11-21-16/h5-11H,3-4,12-13H2,1-2H3,(H,18,20). The van der Waals surface area contributed by atoms with Crippen molar-refractivity contribution in [1.29, 1.82) is 0 Å². The Labute approximate surface area is 130 Å². The van der Waals surface area contributed by atoms with Crippen molar-refractivity contribution in [2.24, 2.45) is 0 Å². The molecule has 0 aliphatic carbocycles. The highest BCUT2D eigenvalue weighted by atomic mass is 32.1. The zero-order valence-electron chi connectivity index (χ0n) is 12.6. The molecular formula is C17H22N2OS. The van der Waals surface area contributed by atoms with Crippen molar-refractivity contribution in [2.75, 3.05) is 13.1 Å². The Morgan fingerprint density at radius 1 is 1.10 bits per heavy atom. The van der Waals surface area contributed by atoms with Gasteiger partial charge < -0.3 is 5.32 Å². The van der Waals surface area contributed by atoms with Crippen LogP contribution in [0, 0.1) is 0 Å². The summed E-state index contributed by atoms with van der Waals surface area (Å²) in [5.41, 5.74) is 2.44. The van der Waals surface area contributed by atoms with Crippen molar-refractivity contribution in [3.8, 4) is 0 Å². The Morgan fingerprint density at radius 2 is 1.76 bits per heavy atom. The van der Waals surface area contributed by atoms with Crippen LogP contribution in [0.1, 0.15) is 34.6 Å². The molecule has 0 aliphatic heterocycles. The highest BCUT2D eigenvalue weighted by Gasteiger charge is 2.06. The lowest BCUT2D eigenvalue weighted by Crippen LogP contribution is -2.22. The molecule has 0 radical (unpaired) electrons. The summed E-state index contributed by atoms with van der Waals surface area (Å²) in [5.74, 6) is -0.00258. The van der Waals surface area contributed by atoms with Gasteiger partial charge >= 0.3 is 0 Å². The van der Waals surface area contributed by atoms with Crippen LogP contribution < -0.4 is 5.32 Å². The molecule has 0 aliphatic rings. The summed E-state index contributed by atoms with van der Waals surface area (Å²) in [6.07, 6.45) is 0. The molecule has 1 aromatic carbocycles. The fourth-order valence-corrected chi connectivity index (χ4v) is 2.79. The van der Waals surface area contributed by atoms with E-state index in [-0.39, 0.29) is 5.91 Å². The van der Waals surface area contributed by atoms with Gasteiger partial charge in [-0.05, 0) is 35.7 Å². The Kier molecular flexibility index (Phi) is 5.96. The number of carbonyl (C=O) groups excluding carboxylic acids is 1. The first-order chi connectivity index (χ1) is 10.2. The van der Waals surface area contributed by atoms with E-state index >= 15 is 0 Å². The van der Waals surface area contributed by atoms with Crippen molar-refractivity contribution in [1.82, 2.24) is 10.2 Å². The van der Waals surface area contributed by atoms with Gasteiger partial charge in [-0.1, -0.05) is 44.2 Å². The van der Waals surface area contributed by atoms with Gasteiger partial charge in [0.05, 0.1) is 4.88 Å². The third-order valence-electron chi connectivity index (χ3n) is 3.52. The molecule has 2 aromatic rings. The first-order valence-electron chi connectivity index (χ1n) is 7.34. The summed E-state index contributed by atoms with van der Waals surface area (Å²) in [4.78, 5) is 15.0. The Balaban J connectivity index is 1.86. The van der Waals surface area contributed by atoms with E-state index < -0.39 is 0 Å². The summed E-state index contributed by atoms with van der Waals surface area (Å²) in [6.45, 7) is 8.04. The third-order valence-corrected chi connectivity index (χ3v) is 4.39. The maximum Gasteiger partial charge on any atom is 0.261 e. The van der Waals surface area contributed by atoms with Crippen LogP contribution in [0.25, 0.3) is 0 Å². The Bertz CT molecular complexity index is 545. The van der Waals surface area contributed by atoms with Crippen LogP contribution in [0.3, 0.4) is 0 Å². The predicted molar refractivity (Wildman–Crippen MR) is 88.6 cm³/mol. The van der Waals surface area contributed by atoms with Crippen molar-refractivity contribution < 1.29 is 4.79 Å². The fourth-order valence-electron chi connectivity index (χ4n) is 2.15. The van der Waals surface area contributed by atoms with Gasteiger partial charge in [0.25, 0.3) is 5.91 Å². The lowest BCUT2D eigenvalue weighted by atomic mass is 10.1. The Morgan fingerprint density at radius 3 is 2.33 bits per heavy atom. The lowest BCUT2D eigenvalue weighted by molar-refractivity contribution is 0.0955. The minimum absolute atomic E-state index is 0.00258. The summed E-state index contributed by atoms with van der Waals surface area (Å²) < 4.78 is 0. The second-order valence-electron chi connectivity index (χ2n) is 4.94. The molecule has 0 unspecified atom stereocenters. The number of nitrogens with zero attached hydrogens (tertiary/aromatic N) is 1. The van der Waals surface area contributed by atoms with Gasteiger partial charge in [0.15, 0.2) is 0 Å². The van der Waals surface area contributed by atoms with E-state index in [1.807, 2.05) is 17.5 Å². The number of benzene rings is 1. The first kappa shape index (κ1) is 15.7. The molecule has 0 saturated heterocycles. The highest BCUT2D eigenvalue weighted by molar-refractivity contribution is 7.12. The molecule has 0 spiro atoms. The van der Waals surface area contributed by atoms with Crippen LogP contribution >= 0.6 is 11.3 Å². The molecule has 0 saturated carbocycles. The largest absolute Gasteiger partial charge is 0.347 e. The van der Waals surface area contributed by atoms with Crippen LogP contribution in [0.2, 0.25) is 0 Å². The Hall–Kier alpha value is -1.65. The molecular weight excluding hydrogens is 280 g/mol. The van der Waals surface area contributed by atoms with E-state index in [0.29, 0.717) is 6.54 Å². The molecule has 1 N–H and O–H groups in total. The molecule has 1 aromatic heterocycles. The zero-order chi connectivity index (χ0) is 15.1. The van der Waals surface area contributed by atoms with Crippen LogP contribution in [0.4, 0.5) is 0 Å². The number of hydrogen-bond donors (Lipinski definition) is 1. The van der Waals surface area contributed by atoms with Crippen LogP contribution in [0.15, 0.2) is 41.8 Å². The molecule has 0 atom stereocenters. The predicted octanol–water partition coefficient (Wildman–Crippen LogP) is 3.52. The van der Waals surface area contributed by atoms with Gasteiger partial charge in [-0.25, -0.2) is 0 Å². The first-order valence-corrected chi connectivity index (χ1v) is 8.22. The molecule has 21 heavy (non-hydrogen) atoms. The second-order valence-corrected chi connectivity index (χ2v) is 5.89. The molecule has 3 nitrogen and oxygen atoms in total. The topological polar surface area (TPSA) is 32.3 Å². The van der Waals surface area contributed by atoms with Crippen molar-refractivity contribution >= 4 is 17.2 Å². The monoisotopic (exact) mass is 302 g/mol. The van der Waals surface area contributed by atoms with Crippen molar-refractivity contribution in [3.05, 3.63) is 57.8 Å². The van der Waals surface area contributed by atoms with E-state index in [2.05, 4.69) is 48.3 Å². The molecule has 0 fully saturated rings. The minimum atomic E-state index is -0.00258. The SMILES string of the molecule is CCN(CC)Cc1ccc(CNC(=O)c2cccs2)cc1. The van der Waals surface area contributed by atoms with Gasteiger partial charge in [0.1, 0.15) is 0 Å². The third kappa shape index (κ3) is 4.69. The van der Waals surface area contributed by atoms with Crippen LogP contribution in [0.5, 0.6) is 0 Å². The fraction of sp³-hybridized carbons (Fsp3) is 0.353. The summed E-state index contributed by atoms with van der Waals surface area (Å²) in [5, 5.41) is 4.86. The van der Waals surface area contributed by atoms with Gasteiger partial charge in [-0.15, -0.1) is 11.3 Å². The highest BCUT2D eigenvalue weighted by Crippen LogP contribution is 2.10. The molecule has 0 bridgehead atoms. The van der Waals surface area contributed by atoms with Crippen LogP contribution in [-0.4, -0.2) is 23.9 Å². The maximum absolute atomic E-state index is 11.9. The molecule has 4 heteroatoms. The van der Waals surface area contributed by atoms with Gasteiger partial charge in [0.2, 0.25) is 0 Å². The summed E-state index contributed by atoms with van der Waals surface area (Å²) >= 11 is 1.46. The average Bonchev–Trinajstić information content (AvgIpc) is 3.06. The minimum Gasteiger partial charge on any atom is -0.347 e. The smallest absolute Gasteiger partial charge is 0.261 e. The summed E-state index contributed by atoms with van der Waals surface area (Å²) in [7, 11) is 0. The maximum atomic E-state index is 11.9. The zero-order valence-corrected chi connectivity index (χ0v) is 13.5. The van der Waals surface area contributed by atoms with E-state index in [0.717, 1.165) is 30.1 Å². The lowest BCUT2D eigenvalue weighted by Gasteiger charge is -2.18. The summed E-state index contributed by atoms with van der Waals surface area (Å²) in [6, 6.07) is 12.2. The molecule has 2 rings (SSSR count). The van der Waals surface area contributed by atoms with E-state index in [4.69, 9.17) is 0 Å². The average molecular weight is 302 g/mol. The van der Waals surface area contributed by atoms with Crippen molar-refractivity contribution in [3.63, 3.8) is 0 Å². The molecule has 1 heterocycles. The van der Waals surface area contributed by atoms with E-state index in [1.54, 1.807) is 0 Å². The van der Waals surface area contributed by atoms with Crippen molar-refractivity contribution in [2.45, 2.75) is 26.9 Å². The second kappa shape index (κ2) is 7.96.